The van der Waals surface area contributed by atoms with Crippen molar-refractivity contribution in [2.75, 3.05) is 6.54 Å². The molecule has 0 unspecified atom stereocenters. The minimum Gasteiger partial charge on any atom is -0.354 e. The number of allylic oxidation sites excluding steroid dienone is 1. The van der Waals surface area contributed by atoms with Crippen LogP contribution in [0.3, 0.4) is 0 Å². The number of aromatic nitrogens is 3. The van der Waals surface area contributed by atoms with E-state index in [0.29, 0.717) is 12.1 Å². The Morgan fingerprint density at radius 2 is 2.12 bits per heavy atom. The fourth-order valence-electron chi connectivity index (χ4n) is 3.57. The van der Waals surface area contributed by atoms with Crippen LogP contribution in [0.2, 0.25) is 0 Å². The first-order valence-electron chi connectivity index (χ1n) is 9.13. The van der Waals surface area contributed by atoms with Gasteiger partial charge >= 0.3 is 0 Å². The standard InChI is InChI=1S/C20H22N4O2/c25-18(21-11-10-14-6-2-1-3-7-14)13-24-20(26)19-16(12-22-24)15-8-4-5-9-17(15)23-19/h4-6,8-9,12,23H,1-3,7,10-11,13H2,(H,21,25). The summed E-state index contributed by atoms with van der Waals surface area (Å²) in [6.45, 7) is 0.539. The molecule has 0 atom stereocenters. The van der Waals surface area contributed by atoms with Crippen molar-refractivity contribution in [3.63, 3.8) is 0 Å². The van der Waals surface area contributed by atoms with E-state index < -0.39 is 0 Å². The SMILES string of the molecule is O=C(Cn1ncc2c([nH]c3ccccc32)c1=O)NCCC1=CCCCC1. The normalized spacial score (nSPS) is 14.5. The first-order chi connectivity index (χ1) is 12.7. The number of nitrogens with one attached hydrogen (secondary N) is 2. The molecule has 0 bridgehead atoms. The van der Waals surface area contributed by atoms with Crippen LogP contribution in [-0.2, 0) is 11.3 Å². The molecule has 4 rings (SSSR count). The smallest absolute Gasteiger partial charge is 0.291 e. The van der Waals surface area contributed by atoms with Crippen molar-refractivity contribution in [1.82, 2.24) is 20.1 Å². The minimum absolute atomic E-state index is 0.0663. The summed E-state index contributed by atoms with van der Waals surface area (Å²) in [7, 11) is 0. The molecule has 0 radical (unpaired) electrons. The summed E-state index contributed by atoms with van der Waals surface area (Å²) in [5, 5.41) is 8.82. The third-order valence-electron chi connectivity index (χ3n) is 4.97. The molecular weight excluding hydrogens is 328 g/mol. The van der Waals surface area contributed by atoms with Gasteiger partial charge in [0.25, 0.3) is 5.56 Å². The van der Waals surface area contributed by atoms with Crippen LogP contribution in [0.15, 0.2) is 46.9 Å². The topological polar surface area (TPSA) is 79.8 Å². The summed E-state index contributed by atoms with van der Waals surface area (Å²) in [6.07, 6.45) is 9.60. The molecule has 1 aromatic carbocycles. The maximum Gasteiger partial charge on any atom is 0.291 e. The summed E-state index contributed by atoms with van der Waals surface area (Å²) < 4.78 is 1.22. The summed E-state index contributed by atoms with van der Waals surface area (Å²) in [4.78, 5) is 27.9. The lowest BCUT2D eigenvalue weighted by atomic mass is 9.97. The van der Waals surface area contributed by atoms with E-state index in [2.05, 4.69) is 21.5 Å². The average molecular weight is 350 g/mol. The predicted octanol–water partition coefficient (Wildman–Crippen LogP) is 2.88. The van der Waals surface area contributed by atoms with Crippen LogP contribution in [-0.4, -0.2) is 27.2 Å². The van der Waals surface area contributed by atoms with Gasteiger partial charge < -0.3 is 10.3 Å². The fourth-order valence-corrected chi connectivity index (χ4v) is 3.57. The molecular formula is C20H22N4O2. The van der Waals surface area contributed by atoms with Gasteiger partial charge in [0.05, 0.1) is 6.20 Å². The van der Waals surface area contributed by atoms with E-state index in [1.165, 1.54) is 23.1 Å². The maximum atomic E-state index is 12.6. The largest absolute Gasteiger partial charge is 0.354 e. The molecule has 0 saturated carbocycles. The Hall–Kier alpha value is -2.89. The number of hydrogen-bond acceptors (Lipinski definition) is 3. The van der Waals surface area contributed by atoms with Gasteiger partial charge in [-0.05, 0) is 38.2 Å². The number of hydrogen-bond donors (Lipinski definition) is 2. The molecule has 1 aliphatic rings. The van der Waals surface area contributed by atoms with Gasteiger partial charge in [0.2, 0.25) is 5.91 Å². The van der Waals surface area contributed by atoms with Gasteiger partial charge in [-0.2, -0.15) is 5.10 Å². The second-order valence-corrected chi connectivity index (χ2v) is 6.77. The third-order valence-corrected chi connectivity index (χ3v) is 4.97. The number of nitrogens with zero attached hydrogens (tertiary/aromatic N) is 2. The molecule has 2 aromatic heterocycles. The van der Waals surface area contributed by atoms with E-state index in [9.17, 15) is 9.59 Å². The van der Waals surface area contributed by atoms with Gasteiger partial charge in [0.1, 0.15) is 12.1 Å². The van der Waals surface area contributed by atoms with Crippen molar-refractivity contribution in [3.05, 3.63) is 52.5 Å². The van der Waals surface area contributed by atoms with Gasteiger partial charge in [-0.25, -0.2) is 4.68 Å². The average Bonchev–Trinajstić information content (AvgIpc) is 3.04. The molecule has 0 fully saturated rings. The number of carbonyl (C=O) groups is 1. The van der Waals surface area contributed by atoms with E-state index in [-0.39, 0.29) is 18.0 Å². The highest BCUT2D eigenvalue weighted by atomic mass is 16.2. The van der Waals surface area contributed by atoms with Crippen molar-refractivity contribution in [2.45, 2.75) is 38.6 Å². The molecule has 1 aliphatic carbocycles. The van der Waals surface area contributed by atoms with E-state index >= 15 is 0 Å². The number of para-hydroxylation sites is 1. The molecule has 134 valence electrons. The predicted molar refractivity (Wildman–Crippen MR) is 102 cm³/mol. The maximum absolute atomic E-state index is 12.6. The van der Waals surface area contributed by atoms with Crippen LogP contribution in [0.4, 0.5) is 0 Å². The highest BCUT2D eigenvalue weighted by Gasteiger charge is 2.12. The fraction of sp³-hybridized carbons (Fsp3) is 0.350. The Labute approximate surface area is 150 Å². The van der Waals surface area contributed by atoms with E-state index in [0.717, 1.165) is 35.6 Å². The van der Waals surface area contributed by atoms with Crippen molar-refractivity contribution >= 4 is 27.7 Å². The van der Waals surface area contributed by atoms with Gasteiger partial charge in [0.15, 0.2) is 0 Å². The number of carbonyl (C=O) groups excluding carboxylic acids is 1. The summed E-state index contributed by atoms with van der Waals surface area (Å²) in [5.41, 5.74) is 2.53. The van der Waals surface area contributed by atoms with E-state index in [1.807, 2.05) is 24.3 Å². The van der Waals surface area contributed by atoms with Crippen LogP contribution in [0.5, 0.6) is 0 Å². The van der Waals surface area contributed by atoms with Crippen LogP contribution in [0, 0.1) is 0 Å². The van der Waals surface area contributed by atoms with Gasteiger partial charge in [-0.3, -0.25) is 9.59 Å². The molecule has 1 amide bonds. The zero-order chi connectivity index (χ0) is 17.9. The lowest BCUT2D eigenvalue weighted by Gasteiger charge is -2.13. The minimum atomic E-state index is -0.274. The Bertz CT molecular complexity index is 1040. The van der Waals surface area contributed by atoms with Gasteiger partial charge in [-0.1, -0.05) is 29.8 Å². The molecule has 3 aromatic rings. The second kappa shape index (κ2) is 7.15. The molecule has 26 heavy (non-hydrogen) atoms. The summed E-state index contributed by atoms with van der Waals surface area (Å²) in [5.74, 6) is -0.188. The number of aromatic amines is 1. The quantitative estimate of drug-likeness (QED) is 0.695. The highest BCUT2D eigenvalue weighted by molar-refractivity contribution is 6.06. The van der Waals surface area contributed by atoms with Crippen LogP contribution in [0.1, 0.15) is 32.1 Å². The first kappa shape index (κ1) is 16.6. The van der Waals surface area contributed by atoms with Gasteiger partial charge in [-0.15, -0.1) is 0 Å². The lowest BCUT2D eigenvalue weighted by Crippen LogP contribution is -2.34. The molecule has 6 nitrogen and oxygen atoms in total. The lowest BCUT2D eigenvalue weighted by molar-refractivity contribution is -0.121. The summed E-state index contributed by atoms with van der Waals surface area (Å²) in [6, 6.07) is 7.72. The second-order valence-electron chi connectivity index (χ2n) is 6.77. The number of benzene rings is 1. The zero-order valence-corrected chi connectivity index (χ0v) is 14.6. The molecule has 2 heterocycles. The molecule has 2 N–H and O–H groups in total. The van der Waals surface area contributed by atoms with Crippen LogP contribution < -0.4 is 10.9 Å². The van der Waals surface area contributed by atoms with Crippen LogP contribution in [0.25, 0.3) is 21.8 Å². The zero-order valence-electron chi connectivity index (χ0n) is 14.6. The van der Waals surface area contributed by atoms with Gasteiger partial charge in [0, 0.05) is 22.8 Å². The summed E-state index contributed by atoms with van der Waals surface area (Å²) >= 11 is 0. The number of fused-ring (bicyclic) bond motifs is 3. The molecule has 6 heteroatoms. The highest BCUT2D eigenvalue weighted by Crippen LogP contribution is 2.22. The third kappa shape index (κ3) is 3.27. The Morgan fingerprint density at radius 3 is 2.96 bits per heavy atom. The van der Waals surface area contributed by atoms with Crippen molar-refractivity contribution in [3.8, 4) is 0 Å². The monoisotopic (exact) mass is 350 g/mol. The molecule has 0 spiro atoms. The Balaban J connectivity index is 1.45. The van der Waals surface area contributed by atoms with Crippen molar-refractivity contribution < 1.29 is 4.79 Å². The Morgan fingerprint density at radius 1 is 1.23 bits per heavy atom. The number of amides is 1. The van der Waals surface area contributed by atoms with Crippen molar-refractivity contribution in [1.29, 1.82) is 0 Å². The number of H-pyrrole nitrogens is 1. The van der Waals surface area contributed by atoms with E-state index in [1.54, 1.807) is 6.20 Å². The Kier molecular flexibility index (Phi) is 4.56. The molecule has 0 aliphatic heterocycles. The first-order valence-corrected chi connectivity index (χ1v) is 9.13. The number of rotatable bonds is 5. The van der Waals surface area contributed by atoms with Crippen LogP contribution >= 0.6 is 0 Å². The van der Waals surface area contributed by atoms with Crippen molar-refractivity contribution in [2.24, 2.45) is 0 Å². The molecule has 0 saturated heterocycles. The van der Waals surface area contributed by atoms with E-state index in [4.69, 9.17) is 0 Å².